The number of hydrogen-bond donors (Lipinski definition) is 1. The van der Waals surface area contributed by atoms with Crippen LogP contribution in [-0.4, -0.2) is 34.7 Å². The van der Waals surface area contributed by atoms with Crippen LogP contribution in [0.15, 0.2) is 42.6 Å². The van der Waals surface area contributed by atoms with Crippen molar-refractivity contribution in [1.29, 1.82) is 0 Å². The van der Waals surface area contributed by atoms with Gasteiger partial charge in [0, 0.05) is 12.3 Å². The lowest BCUT2D eigenvalue weighted by Gasteiger charge is -2.16. The molecule has 1 aromatic heterocycles. The first-order valence-electron chi connectivity index (χ1n) is 8.97. The fraction of sp³-hybridized carbons (Fsp3) is 0.350. The lowest BCUT2D eigenvalue weighted by atomic mass is 10.1. The van der Waals surface area contributed by atoms with E-state index in [1.165, 1.54) is 24.3 Å². The van der Waals surface area contributed by atoms with Crippen LogP contribution >= 0.6 is 0 Å². The molecule has 0 saturated carbocycles. The molecule has 0 aliphatic carbocycles. The Kier molecular flexibility index (Phi) is 7.62. The number of carbonyl (C=O) groups excluding carboxylic acids is 1. The summed E-state index contributed by atoms with van der Waals surface area (Å²) >= 11 is 0. The molecule has 1 N–H and O–H groups in total. The van der Waals surface area contributed by atoms with E-state index in [0.717, 1.165) is 12.1 Å². The van der Waals surface area contributed by atoms with Gasteiger partial charge in [-0.25, -0.2) is 4.98 Å². The fourth-order valence-corrected chi connectivity index (χ4v) is 2.12. The Morgan fingerprint density at radius 1 is 1.10 bits per heavy atom. The molecule has 2 unspecified atom stereocenters. The number of carboxylic acids is 1. The van der Waals surface area contributed by atoms with Crippen LogP contribution in [0.4, 0.5) is 13.2 Å². The number of aromatic nitrogens is 1. The average Bonchev–Trinajstić information content (AvgIpc) is 2.68. The summed E-state index contributed by atoms with van der Waals surface area (Å²) in [6.07, 6.45) is -3.68. The number of pyridine rings is 1. The molecule has 0 aliphatic heterocycles. The topological polar surface area (TPSA) is 95.0 Å². The molecule has 0 fully saturated rings. The zero-order chi connectivity index (χ0) is 22.3. The van der Waals surface area contributed by atoms with Gasteiger partial charge in [0.15, 0.2) is 5.92 Å². The number of ether oxygens (including phenoxy) is 3. The Morgan fingerprint density at radius 3 is 2.23 bits per heavy atom. The van der Waals surface area contributed by atoms with E-state index in [2.05, 4.69) is 4.98 Å². The highest BCUT2D eigenvalue weighted by Crippen LogP contribution is 2.30. The molecule has 0 bridgehead atoms. The molecule has 30 heavy (non-hydrogen) atoms. The molecule has 2 rings (SSSR count). The highest BCUT2D eigenvalue weighted by molar-refractivity contribution is 5.94. The monoisotopic (exact) mass is 427 g/mol. The lowest BCUT2D eigenvalue weighted by molar-refractivity contribution is -0.163. The van der Waals surface area contributed by atoms with Crippen LogP contribution in [0.1, 0.15) is 25.8 Å². The summed E-state index contributed by atoms with van der Waals surface area (Å²) < 4.78 is 53.4. The largest absolute Gasteiger partial charge is 0.492 e. The first kappa shape index (κ1) is 23.0. The third kappa shape index (κ3) is 6.64. The quantitative estimate of drug-likeness (QED) is 0.471. The molecule has 1 aromatic carbocycles. The summed E-state index contributed by atoms with van der Waals surface area (Å²) in [7, 11) is 0. The minimum absolute atomic E-state index is 0.0320. The highest BCUT2D eigenvalue weighted by atomic mass is 19.4. The van der Waals surface area contributed by atoms with Crippen LogP contribution in [0.25, 0.3) is 0 Å². The van der Waals surface area contributed by atoms with Crippen molar-refractivity contribution in [3.63, 3.8) is 0 Å². The van der Waals surface area contributed by atoms with Crippen LogP contribution in [0, 0.1) is 5.92 Å². The van der Waals surface area contributed by atoms with Gasteiger partial charge in [-0.15, -0.1) is 0 Å². The predicted molar refractivity (Wildman–Crippen MR) is 98.2 cm³/mol. The van der Waals surface area contributed by atoms with Gasteiger partial charge < -0.3 is 19.3 Å². The maximum absolute atomic E-state index is 12.5. The average molecular weight is 427 g/mol. The van der Waals surface area contributed by atoms with E-state index in [0.29, 0.717) is 12.6 Å². The summed E-state index contributed by atoms with van der Waals surface area (Å²) in [5, 5.41) is 9.21. The van der Waals surface area contributed by atoms with Gasteiger partial charge in [0.2, 0.25) is 5.88 Å². The number of esters is 1. The van der Waals surface area contributed by atoms with Crippen molar-refractivity contribution < 1.29 is 42.1 Å². The zero-order valence-corrected chi connectivity index (χ0v) is 16.2. The summed E-state index contributed by atoms with van der Waals surface area (Å²) in [6, 6.07) is 7.78. The van der Waals surface area contributed by atoms with Crippen LogP contribution in [0.5, 0.6) is 17.4 Å². The van der Waals surface area contributed by atoms with Crippen molar-refractivity contribution in [2.75, 3.05) is 6.61 Å². The maximum atomic E-state index is 12.5. The minimum atomic E-state index is -4.49. The van der Waals surface area contributed by atoms with E-state index in [9.17, 15) is 27.9 Å². The SMILES string of the molecule is CCC(C)OC(=O)C(COc1ccc(Oc2ccc(C(F)(F)F)cn2)cc1)C(=O)O. The smallest absolute Gasteiger partial charge is 0.417 e. The van der Waals surface area contributed by atoms with E-state index in [1.54, 1.807) is 13.8 Å². The van der Waals surface area contributed by atoms with Crippen LogP contribution < -0.4 is 9.47 Å². The Hall–Kier alpha value is -3.30. The van der Waals surface area contributed by atoms with Crippen molar-refractivity contribution in [2.45, 2.75) is 32.5 Å². The molecular weight excluding hydrogens is 407 g/mol. The second kappa shape index (κ2) is 9.95. The number of benzene rings is 1. The number of carboxylic acid groups (broad SMARTS) is 1. The number of rotatable bonds is 9. The van der Waals surface area contributed by atoms with E-state index in [-0.39, 0.29) is 17.4 Å². The van der Waals surface area contributed by atoms with Crippen molar-refractivity contribution >= 4 is 11.9 Å². The summed E-state index contributed by atoms with van der Waals surface area (Å²) in [4.78, 5) is 26.8. The van der Waals surface area contributed by atoms with Gasteiger partial charge >= 0.3 is 18.1 Å². The van der Waals surface area contributed by atoms with Gasteiger partial charge in [0.05, 0.1) is 11.7 Å². The molecule has 0 amide bonds. The van der Waals surface area contributed by atoms with Gasteiger partial charge in [-0.3, -0.25) is 9.59 Å². The zero-order valence-electron chi connectivity index (χ0n) is 16.2. The molecule has 0 saturated heterocycles. The van der Waals surface area contributed by atoms with Crippen LogP contribution in [0.2, 0.25) is 0 Å². The van der Waals surface area contributed by atoms with Crippen molar-refractivity contribution in [2.24, 2.45) is 5.92 Å². The van der Waals surface area contributed by atoms with Gasteiger partial charge in [-0.05, 0) is 43.7 Å². The number of aliphatic carboxylic acids is 1. The van der Waals surface area contributed by atoms with Crippen LogP contribution in [-0.2, 0) is 20.5 Å². The molecular formula is C20H20F3NO6. The van der Waals surface area contributed by atoms with E-state index in [4.69, 9.17) is 14.2 Å². The number of nitrogens with zero attached hydrogens (tertiary/aromatic N) is 1. The standard InChI is InChI=1S/C20H20F3NO6/c1-3-12(2)29-19(27)16(18(25)26)11-28-14-5-7-15(8-6-14)30-17-9-4-13(10-24-17)20(21,22)23/h4-10,12,16H,3,11H2,1-2H3,(H,25,26). The third-order valence-electron chi connectivity index (χ3n) is 4.00. The van der Waals surface area contributed by atoms with Gasteiger partial charge in [0.1, 0.15) is 18.1 Å². The van der Waals surface area contributed by atoms with E-state index >= 15 is 0 Å². The van der Waals surface area contributed by atoms with E-state index in [1.807, 2.05) is 0 Å². The number of halogens is 3. The summed E-state index contributed by atoms with van der Waals surface area (Å²) in [5.41, 5.74) is -0.890. The summed E-state index contributed by atoms with van der Waals surface area (Å²) in [5.74, 6) is -3.21. The lowest BCUT2D eigenvalue weighted by Crippen LogP contribution is -2.33. The molecule has 1 heterocycles. The number of carbonyl (C=O) groups is 2. The predicted octanol–water partition coefficient (Wildman–Crippen LogP) is 4.31. The van der Waals surface area contributed by atoms with Crippen molar-refractivity contribution in [3.8, 4) is 17.4 Å². The molecule has 0 aliphatic rings. The van der Waals surface area contributed by atoms with Gasteiger partial charge in [-0.1, -0.05) is 6.92 Å². The minimum Gasteiger partial charge on any atom is -0.492 e. The Labute approximate surface area is 170 Å². The van der Waals surface area contributed by atoms with E-state index < -0.39 is 42.3 Å². The second-order valence-electron chi connectivity index (χ2n) is 6.31. The molecule has 2 atom stereocenters. The molecule has 162 valence electrons. The molecule has 0 spiro atoms. The summed E-state index contributed by atoms with van der Waals surface area (Å²) in [6.45, 7) is 3.03. The van der Waals surface area contributed by atoms with Crippen LogP contribution in [0.3, 0.4) is 0 Å². The number of hydrogen-bond acceptors (Lipinski definition) is 6. The fourth-order valence-electron chi connectivity index (χ4n) is 2.12. The Morgan fingerprint density at radius 2 is 1.73 bits per heavy atom. The molecule has 2 aromatic rings. The maximum Gasteiger partial charge on any atom is 0.417 e. The Bertz CT molecular complexity index is 852. The Balaban J connectivity index is 1.95. The first-order valence-corrected chi connectivity index (χ1v) is 8.97. The molecule has 0 radical (unpaired) electrons. The van der Waals surface area contributed by atoms with Gasteiger partial charge in [-0.2, -0.15) is 13.2 Å². The third-order valence-corrected chi connectivity index (χ3v) is 4.00. The van der Waals surface area contributed by atoms with Crippen molar-refractivity contribution in [3.05, 3.63) is 48.2 Å². The number of alkyl halides is 3. The second-order valence-corrected chi connectivity index (χ2v) is 6.31. The normalized spacial score (nSPS) is 13.2. The highest BCUT2D eigenvalue weighted by Gasteiger charge is 2.31. The molecule has 7 nitrogen and oxygen atoms in total. The van der Waals surface area contributed by atoms with Gasteiger partial charge in [0.25, 0.3) is 0 Å². The first-order chi connectivity index (χ1) is 14.1. The van der Waals surface area contributed by atoms with Crippen molar-refractivity contribution in [1.82, 2.24) is 4.98 Å². The molecule has 10 heteroatoms.